The van der Waals surface area contributed by atoms with Crippen molar-refractivity contribution in [1.82, 2.24) is 19.1 Å². The Bertz CT molecular complexity index is 2210. The van der Waals surface area contributed by atoms with Crippen molar-refractivity contribution >= 4 is 72.6 Å². The van der Waals surface area contributed by atoms with Crippen LogP contribution in [0.25, 0.3) is 0 Å². The molecule has 0 amide bonds. The van der Waals surface area contributed by atoms with Gasteiger partial charge in [-0.3, -0.25) is 67.0 Å². The normalized spacial score (nSPS) is 22.8. The minimum Gasteiger partial charge on any atom is -0.465 e. The van der Waals surface area contributed by atoms with E-state index in [9.17, 15) is 57.5 Å². The topological polar surface area (TPSA) is 391 Å². The number of aromatic amines is 2. The average Bonchev–Trinajstić information content (AvgIpc) is 3.71. The van der Waals surface area contributed by atoms with Crippen LogP contribution in [-0.2, 0) is 85.7 Å². The molecule has 0 radical (unpaired) electrons. The second-order valence-electron chi connectivity index (χ2n) is 14.0. The van der Waals surface area contributed by atoms with Gasteiger partial charge in [0.1, 0.15) is 24.3 Å². The van der Waals surface area contributed by atoms with Crippen LogP contribution in [0.15, 0.2) is 43.7 Å². The summed E-state index contributed by atoms with van der Waals surface area (Å²) in [5.74, 6) is -6.87. The third-order valence-corrected chi connectivity index (χ3v) is 8.99. The van der Waals surface area contributed by atoms with E-state index in [-0.39, 0.29) is 45.5 Å². The minimum absolute atomic E-state index is 0. The first kappa shape index (κ1) is 62.5. The lowest BCUT2D eigenvalue weighted by Crippen LogP contribution is -2.55. The van der Waals surface area contributed by atoms with E-state index in [1.165, 1.54) is 13.8 Å². The molecule has 388 valence electrons. The molecule has 4 rings (SSSR count). The van der Waals surface area contributed by atoms with E-state index in [0.29, 0.717) is 0 Å². The molecule has 0 bridgehead atoms. The number of hydrogen-bond donors (Lipinski definition) is 4. The molecule has 0 unspecified atom stereocenters. The molecule has 28 nitrogen and oxygen atoms in total. The number of rotatable bonds is 16. The maximum absolute atomic E-state index is 12.4. The second-order valence-corrected chi connectivity index (χ2v) is 14.0. The molecule has 2 aromatic rings. The first-order valence-electron chi connectivity index (χ1n) is 19.7. The van der Waals surface area contributed by atoms with Gasteiger partial charge >= 0.3 is 59.1 Å². The van der Waals surface area contributed by atoms with Gasteiger partial charge in [0.25, 0.3) is 11.1 Å². The molecular formula is C39H56Cl2N6O22. The van der Waals surface area contributed by atoms with Crippen molar-refractivity contribution in [3.8, 4) is 0 Å². The molecule has 6 N–H and O–H groups in total. The summed E-state index contributed by atoms with van der Waals surface area (Å²) < 4.78 is 54.6. The van der Waals surface area contributed by atoms with Crippen LogP contribution < -0.4 is 34.0 Å². The van der Waals surface area contributed by atoms with Crippen molar-refractivity contribution in [3.63, 3.8) is 0 Å². The molecule has 2 saturated heterocycles. The van der Waals surface area contributed by atoms with E-state index in [1.54, 1.807) is 0 Å². The Balaban J connectivity index is 0.00000128. The third-order valence-electron chi connectivity index (χ3n) is 8.99. The standard InChI is InChI=1S/2C19H25N3O11.CH4.2ClH/c2*1-5-29-18(27)12(20)13(30-8(2)23)14-15(31-9(3)24)16(32-10(4)25)17(33-14)22-7-6-11(26)21-19(22)28;;;/h2*6-7,12-17H,5,20H2,1-4H3,(H,21,26,28);1H4;2*1H/t12-,13-,14-,15-,16-,17+;12-,13-,14-,15-,16-,17-;;;/m11.../s1. The SMILES string of the molecule is C.CCOC(=O)[C@H](N)[C@@H](OC(C)=O)[C@H]1O[C@@H](n2ccc(=O)[nH]c2=O)[C@H](OC(C)=O)[C@@H]1OC(C)=O.CCOC(=O)[C@H](N)[C@@H](OC(C)=O)[C@H]1O[C@H](n2ccc(=O)[nH]c2=O)[C@H](OC(C)=O)[C@@H]1OC(C)=O.Cl.Cl. The Hall–Kier alpha value is -6.46. The third kappa shape index (κ3) is 16.9. The van der Waals surface area contributed by atoms with Crippen molar-refractivity contribution in [2.24, 2.45) is 11.5 Å². The van der Waals surface area contributed by atoms with Gasteiger partial charge in [-0.05, 0) is 13.8 Å². The van der Waals surface area contributed by atoms with Crippen LogP contribution in [0.3, 0.4) is 0 Å². The molecular weight excluding hydrogens is 975 g/mol. The Labute approximate surface area is 403 Å². The van der Waals surface area contributed by atoms with Crippen molar-refractivity contribution in [3.05, 3.63) is 66.2 Å². The molecule has 2 aliphatic rings. The van der Waals surface area contributed by atoms with E-state index < -0.39 is 144 Å². The van der Waals surface area contributed by atoms with Gasteiger partial charge in [0.05, 0.1) is 13.2 Å². The maximum Gasteiger partial charge on any atom is 0.330 e. The van der Waals surface area contributed by atoms with Crippen LogP contribution in [0, 0.1) is 0 Å². The minimum atomic E-state index is -1.58. The molecule has 12 atom stereocenters. The summed E-state index contributed by atoms with van der Waals surface area (Å²) in [5.41, 5.74) is 8.65. The predicted molar refractivity (Wildman–Crippen MR) is 234 cm³/mol. The zero-order chi connectivity index (χ0) is 49.7. The van der Waals surface area contributed by atoms with Crippen molar-refractivity contribution in [2.45, 2.75) is 136 Å². The largest absolute Gasteiger partial charge is 0.465 e. The lowest BCUT2D eigenvalue weighted by Gasteiger charge is -2.30. The summed E-state index contributed by atoms with van der Waals surface area (Å²) >= 11 is 0. The zero-order valence-electron chi connectivity index (χ0n) is 37.5. The second kappa shape index (κ2) is 28.1. The number of halogens is 2. The number of ether oxygens (including phenoxy) is 10. The van der Waals surface area contributed by atoms with Crippen LogP contribution in [0.4, 0.5) is 0 Å². The summed E-state index contributed by atoms with van der Waals surface area (Å²) in [6.45, 7) is 9.39. The Kier molecular flexibility index (Phi) is 25.5. The van der Waals surface area contributed by atoms with E-state index in [2.05, 4.69) is 0 Å². The van der Waals surface area contributed by atoms with Crippen LogP contribution >= 0.6 is 24.8 Å². The van der Waals surface area contributed by atoms with Crippen LogP contribution in [0.2, 0.25) is 0 Å². The highest BCUT2D eigenvalue weighted by Crippen LogP contribution is 2.38. The van der Waals surface area contributed by atoms with E-state index in [0.717, 1.165) is 75.2 Å². The average molecular weight is 1030 g/mol. The van der Waals surface area contributed by atoms with Crippen LogP contribution in [-0.4, -0.2) is 141 Å². The number of aromatic nitrogens is 4. The molecule has 2 fully saturated rings. The highest BCUT2D eigenvalue weighted by atomic mass is 35.5. The fraction of sp³-hybridized carbons (Fsp3) is 0.590. The molecule has 69 heavy (non-hydrogen) atoms. The monoisotopic (exact) mass is 1030 g/mol. The lowest BCUT2D eigenvalue weighted by atomic mass is 9.99. The molecule has 2 aliphatic heterocycles. The first-order chi connectivity index (χ1) is 30.9. The van der Waals surface area contributed by atoms with E-state index >= 15 is 0 Å². The number of carbonyl (C=O) groups is 8. The van der Waals surface area contributed by atoms with E-state index in [4.69, 9.17) is 58.8 Å². The molecule has 0 aliphatic carbocycles. The Morgan fingerprint density at radius 3 is 1.09 bits per heavy atom. The van der Waals surface area contributed by atoms with Gasteiger partial charge in [-0.15, -0.1) is 24.8 Å². The highest BCUT2D eigenvalue weighted by molar-refractivity contribution is 5.85. The first-order valence-corrected chi connectivity index (χ1v) is 19.7. The summed E-state index contributed by atoms with van der Waals surface area (Å²) in [5, 5.41) is 0. The van der Waals surface area contributed by atoms with Gasteiger partial charge in [-0.2, -0.15) is 0 Å². The number of H-pyrrole nitrogens is 2. The fourth-order valence-corrected chi connectivity index (χ4v) is 6.67. The summed E-state index contributed by atoms with van der Waals surface area (Å²) in [4.78, 5) is 147. The summed E-state index contributed by atoms with van der Waals surface area (Å²) in [6, 6.07) is -1.14. The molecule has 4 heterocycles. The van der Waals surface area contributed by atoms with Crippen molar-refractivity contribution in [2.75, 3.05) is 13.2 Å². The number of esters is 8. The Morgan fingerprint density at radius 2 is 0.841 bits per heavy atom. The fourth-order valence-electron chi connectivity index (χ4n) is 6.67. The number of nitrogens with two attached hydrogens (primary N) is 2. The van der Waals surface area contributed by atoms with Gasteiger partial charge in [0, 0.05) is 66.1 Å². The van der Waals surface area contributed by atoms with Gasteiger partial charge in [0.15, 0.2) is 49.1 Å². The summed E-state index contributed by atoms with van der Waals surface area (Å²) in [7, 11) is 0. The number of nitrogens with one attached hydrogen (secondary N) is 2. The quantitative estimate of drug-likeness (QED) is 0.102. The predicted octanol–water partition coefficient (Wildman–Crippen LogP) is -2.28. The van der Waals surface area contributed by atoms with Gasteiger partial charge in [-0.25, -0.2) is 9.59 Å². The summed E-state index contributed by atoms with van der Waals surface area (Å²) in [6.07, 6.45) is -12.6. The van der Waals surface area contributed by atoms with Crippen molar-refractivity contribution in [1.29, 1.82) is 0 Å². The number of nitrogens with zero attached hydrogens (tertiary/aromatic N) is 2. The van der Waals surface area contributed by atoms with Gasteiger partial charge in [-0.1, -0.05) is 7.43 Å². The van der Waals surface area contributed by atoms with Gasteiger partial charge in [0.2, 0.25) is 0 Å². The lowest BCUT2D eigenvalue weighted by molar-refractivity contribution is -0.176. The molecule has 0 saturated carbocycles. The zero-order valence-corrected chi connectivity index (χ0v) is 39.1. The number of carbonyl (C=O) groups excluding carboxylic acids is 8. The smallest absolute Gasteiger partial charge is 0.330 e. The number of hydrogen-bond acceptors (Lipinski definition) is 24. The van der Waals surface area contributed by atoms with Crippen molar-refractivity contribution < 1.29 is 85.7 Å². The molecule has 0 aromatic carbocycles. The van der Waals surface area contributed by atoms with E-state index in [1.807, 2.05) is 9.97 Å². The molecule has 0 spiro atoms. The molecule has 2 aromatic heterocycles. The van der Waals surface area contributed by atoms with Crippen LogP contribution in [0.1, 0.15) is 75.3 Å². The highest BCUT2D eigenvalue weighted by Gasteiger charge is 2.58. The van der Waals surface area contributed by atoms with Crippen LogP contribution in [0.5, 0.6) is 0 Å². The maximum atomic E-state index is 12.4. The Morgan fingerprint density at radius 1 is 0.551 bits per heavy atom. The van der Waals surface area contributed by atoms with Gasteiger partial charge < -0.3 is 58.8 Å². The molecule has 30 heteroatoms.